The molecule has 0 bridgehead atoms. The van der Waals surface area contributed by atoms with E-state index in [2.05, 4.69) is 0 Å². The fourth-order valence-electron chi connectivity index (χ4n) is 3.76. The summed E-state index contributed by atoms with van der Waals surface area (Å²) in [5, 5.41) is 9.98. The van der Waals surface area contributed by atoms with Crippen molar-refractivity contribution in [1.29, 1.82) is 0 Å². The molecule has 1 saturated carbocycles. The Hall–Kier alpha value is -2.97. The van der Waals surface area contributed by atoms with E-state index in [1.807, 2.05) is 0 Å². The molecule has 2 fully saturated rings. The Morgan fingerprint density at radius 1 is 1.00 bits per heavy atom. The molecule has 0 spiro atoms. The van der Waals surface area contributed by atoms with Gasteiger partial charge in [-0.25, -0.2) is 4.39 Å². The topological polar surface area (TPSA) is 113 Å². The zero-order chi connectivity index (χ0) is 21.5. The Morgan fingerprint density at radius 3 is 2.20 bits per heavy atom. The molecule has 2 aliphatic rings. The molecule has 30 heavy (non-hydrogen) atoms. The lowest BCUT2D eigenvalue weighted by molar-refractivity contribution is -0.143. The molecule has 2 aromatic carbocycles. The van der Waals surface area contributed by atoms with Crippen LogP contribution in [0.4, 0.5) is 10.1 Å². The zero-order valence-corrected chi connectivity index (χ0v) is 16.6. The second-order valence-electron chi connectivity index (χ2n) is 7.96. The number of aliphatic hydroxyl groups is 1. The maximum atomic E-state index is 13.7. The van der Waals surface area contributed by atoms with E-state index >= 15 is 0 Å². The third kappa shape index (κ3) is 3.76. The van der Waals surface area contributed by atoms with Gasteiger partial charge < -0.3 is 26.4 Å². The highest BCUT2D eigenvalue weighted by atomic mass is 19.1. The van der Waals surface area contributed by atoms with Gasteiger partial charge in [0.25, 0.3) is 11.8 Å². The van der Waals surface area contributed by atoms with Gasteiger partial charge in [0.1, 0.15) is 11.4 Å². The van der Waals surface area contributed by atoms with Crippen LogP contribution in [0.1, 0.15) is 40.4 Å². The number of hydrogen-bond acceptors (Lipinski definition) is 5. The Morgan fingerprint density at radius 2 is 1.60 bits per heavy atom. The van der Waals surface area contributed by atoms with Crippen molar-refractivity contribution in [1.82, 2.24) is 9.80 Å². The van der Waals surface area contributed by atoms with Crippen LogP contribution in [-0.4, -0.2) is 58.5 Å². The van der Waals surface area contributed by atoms with Gasteiger partial charge in [-0.15, -0.1) is 0 Å². The van der Waals surface area contributed by atoms with Gasteiger partial charge in [0.2, 0.25) is 0 Å². The number of hydrogen-bond donors (Lipinski definition) is 3. The molecular formula is C22H25FN4O3. The maximum absolute atomic E-state index is 13.7. The van der Waals surface area contributed by atoms with Gasteiger partial charge in [0.15, 0.2) is 0 Å². The molecular weight excluding hydrogens is 387 g/mol. The Labute approximate surface area is 174 Å². The second kappa shape index (κ2) is 7.70. The molecule has 4 rings (SSSR count). The van der Waals surface area contributed by atoms with Crippen molar-refractivity contribution in [2.75, 3.05) is 31.9 Å². The fraction of sp³-hybridized carbons (Fsp3) is 0.364. The number of piperazine rings is 1. The van der Waals surface area contributed by atoms with Crippen LogP contribution in [-0.2, 0) is 4.79 Å². The van der Waals surface area contributed by atoms with Gasteiger partial charge in [0.05, 0.1) is 11.7 Å². The Bertz CT molecular complexity index is 967. The van der Waals surface area contributed by atoms with Crippen LogP contribution in [0.25, 0.3) is 0 Å². The number of carbonyl (C=O) groups is 2. The number of halogens is 1. The van der Waals surface area contributed by atoms with Crippen molar-refractivity contribution in [2.45, 2.75) is 24.5 Å². The quantitative estimate of drug-likeness (QED) is 0.655. The predicted octanol–water partition coefficient (Wildman–Crippen LogP) is 1.27. The molecule has 1 unspecified atom stereocenters. The van der Waals surface area contributed by atoms with E-state index in [-0.39, 0.29) is 17.5 Å². The van der Waals surface area contributed by atoms with Crippen LogP contribution in [0.3, 0.4) is 0 Å². The van der Waals surface area contributed by atoms with Crippen LogP contribution in [0, 0.1) is 5.82 Å². The highest BCUT2D eigenvalue weighted by molar-refractivity contribution is 5.94. The lowest BCUT2D eigenvalue weighted by Crippen LogP contribution is -2.53. The molecule has 1 aliphatic heterocycles. The monoisotopic (exact) mass is 412 g/mol. The summed E-state index contributed by atoms with van der Waals surface area (Å²) in [6, 6.07) is 10.8. The first-order valence-electron chi connectivity index (χ1n) is 10.0. The van der Waals surface area contributed by atoms with E-state index in [9.17, 15) is 19.1 Å². The summed E-state index contributed by atoms with van der Waals surface area (Å²) in [5.74, 6) is -0.872. The van der Waals surface area contributed by atoms with E-state index < -0.39 is 17.5 Å². The number of benzene rings is 2. The molecule has 1 saturated heterocycles. The summed E-state index contributed by atoms with van der Waals surface area (Å²) in [6.45, 7) is 1.66. The van der Waals surface area contributed by atoms with Crippen LogP contribution in [0.5, 0.6) is 0 Å². The normalized spacial score (nSPS) is 18.8. The number of nitrogen functional groups attached to an aromatic ring is 1. The largest absolute Gasteiger partial charge is 0.396 e. The molecule has 2 aromatic rings. The number of amides is 2. The van der Waals surface area contributed by atoms with Crippen LogP contribution in [0.15, 0.2) is 42.5 Å². The first-order valence-corrected chi connectivity index (χ1v) is 10.0. The van der Waals surface area contributed by atoms with Gasteiger partial charge in [0, 0.05) is 31.7 Å². The fourth-order valence-corrected chi connectivity index (χ4v) is 3.76. The third-order valence-corrected chi connectivity index (χ3v) is 5.91. The molecule has 1 heterocycles. The second-order valence-corrected chi connectivity index (χ2v) is 7.96. The minimum absolute atomic E-state index is 0.0217. The minimum Gasteiger partial charge on any atom is -0.396 e. The molecule has 2 amide bonds. The molecule has 0 aromatic heterocycles. The molecule has 1 atom stereocenters. The molecule has 158 valence electrons. The summed E-state index contributed by atoms with van der Waals surface area (Å²) in [5.41, 5.74) is 12.6. The van der Waals surface area contributed by atoms with E-state index in [0.717, 1.165) is 5.56 Å². The summed E-state index contributed by atoms with van der Waals surface area (Å²) in [4.78, 5) is 28.3. The average Bonchev–Trinajstić information content (AvgIpc) is 3.53. The zero-order valence-electron chi connectivity index (χ0n) is 16.6. The van der Waals surface area contributed by atoms with E-state index in [4.69, 9.17) is 11.5 Å². The van der Waals surface area contributed by atoms with Crippen LogP contribution < -0.4 is 11.5 Å². The smallest absolute Gasteiger partial charge is 0.254 e. The lowest BCUT2D eigenvalue weighted by atomic mass is 9.97. The van der Waals surface area contributed by atoms with Gasteiger partial charge in [-0.2, -0.15) is 0 Å². The first kappa shape index (κ1) is 20.3. The summed E-state index contributed by atoms with van der Waals surface area (Å²) >= 11 is 0. The Kier molecular flexibility index (Phi) is 5.21. The molecule has 7 nitrogen and oxygen atoms in total. The first-order chi connectivity index (χ1) is 14.3. The highest BCUT2D eigenvalue weighted by Crippen LogP contribution is 2.37. The van der Waals surface area contributed by atoms with Gasteiger partial charge >= 0.3 is 0 Å². The molecule has 1 aliphatic carbocycles. The number of nitrogens with two attached hydrogens (primary N) is 2. The van der Waals surface area contributed by atoms with Crippen molar-refractivity contribution in [2.24, 2.45) is 5.73 Å². The standard InChI is InChI=1S/C22H25FN4O3/c23-17-3-1-2-16(19(17)25)18(24)14-4-6-15(7-5-14)20(28)26-10-12-27(13-11-26)21(29)22(30)8-9-22/h1-7,18,30H,8-13,24-25H2. The average molecular weight is 412 g/mol. The van der Waals surface area contributed by atoms with Gasteiger partial charge in [-0.3, -0.25) is 9.59 Å². The number of para-hydroxylation sites is 1. The maximum Gasteiger partial charge on any atom is 0.254 e. The summed E-state index contributed by atoms with van der Waals surface area (Å²) in [7, 11) is 0. The SMILES string of the molecule is Nc1c(F)cccc1C(N)c1ccc(C(=O)N2CCN(C(=O)C3(O)CC3)CC2)cc1. The Balaban J connectivity index is 1.40. The molecule has 8 heteroatoms. The van der Waals surface area contributed by atoms with Crippen molar-refractivity contribution in [3.63, 3.8) is 0 Å². The van der Waals surface area contributed by atoms with Crippen LogP contribution >= 0.6 is 0 Å². The number of nitrogens with zero attached hydrogens (tertiary/aromatic N) is 2. The summed E-state index contributed by atoms with van der Waals surface area (Å²) < 4.78 is 13.7. The van der Waals surface area contributed by atoms with Crippen molar-refractivity contribution in [3.8, 4) is 0 Å². The van der Waals surface area contributed by atoms with E-state index in [1.54, 1.807) is 46.2 Å². The van der Waals surface area contributed by atoms with Gasteiger partial charge in [-0.1, -0.05) is 24.3 Å². The number of carbonyl (C=O) groups excluding carboxylic acids is 2. The lowest BCUT2D eigenvalue weighted by Gasteiger charge is -2.35. The predicted molar refractivity (Wildman–Crippen MR) is 110 cm³/mol. The summed E-state index contributed by atoms with van der Waals surface area (Å²) in [6.07, 6.45) is 1.03. The van der Waals surface area contributed by atoms with Crippen molar-refractivity contribution in [3.05, 3.63) is 65.0 Å². The number of rotatable bonds is 4. The van der Waals surface area contributed by atoms with Crippen LogP contribution in [0.2, 0.25) is 0 Å². The number of anilines is 1. The van der Waals surface area contributed by atoms with E-state index in [0.29, 0.717) is 50.1 Å². The van der Waals surface area contributed by atoms with Crippen molar-refractivity contribution >= 4 is 17.5 Å². The van der Waals surface area contributed by atoms with Gasteiger partial charge in [-0.05, 0) is 42.2 Å². The molecule has 5 N–H and O–H groups in total. The van der Waals surface area contributed by atoms with Crippen molar-refractivity contribution < 1.29 is 19.1 Å². The third-order valence-electron chi connectivity index (χ3n) is 5.91. The molecule has 0 radical (unpaired) electrons. The highest BCUT2D eigenvalue weighted by Gasteiger charge is 2.50. The minimum atomic E-state index is -1.17. The van der Waals surface area contributed by atoms with E-state index in [1.165, 1.54) is 6.07 Å².